The number of rotatable bonds is 7. The minimum absolute atomic E-state index is 0.148. The van der Waals surface area contributed by atoms with Crippen LogP contribution in [0.4, 0.5) is 11.6 Å². The van der Waals surface area contributed by atoms with Crippen LogP contribution in [0, 0.1) is 0 Å². The molecule has 1 N–H and O–H groups in total. The summed E-state index contributed by atoms with van der Waals surface area (Å²) in [5.41, 5.74) is 2.79. The minimum Gasteiger partial charge on any atom is -0.491 e. The zero-order chi connectivity index (χ0) is 22.5. The van der Waals surface area contributed by atoms with E-state index in [2.05, 4.69) is 42.3 Å². The average molecular weight is 451 g/mol. The van der Waals surface area contributed by atoms with Gasteiger partial charge in [-0.1, -0.05) is 0 Å². The van der Waals surface area contributed by atoms with E-state index in [9.17, 15) is 0 Å². The molecular weight excluding hydrogens is 420 g/mol. The van der Waals surface area contributed by atoms with Crippen LogP contribution in [0.5, 0.6) is 11.5 Å². The predicted octanol–water partition coefficient (Wildman–Crippen LogP) is 3.46. The van der Waals surface area contributed by atoms with Gasteiger partial charge in [-0.2, -0.15) is 0 Å². The number of fused-ring (bicyclic) bond motifs is 1. The number of benzene rings is 1. The maximum absolute atomic E-state index is 6.51. The molecule has 174 valence electrons. The Morgan fingerprint density at radius 1 is 1.00 bits per heavy atom. The van der Waals surface area contributed by atoms with Gasteiger partial charge in [-0.15, -0.1) is 0 Å². The summed E-state index contributed by atoms with van der Waals surface area (Å²) >= 11 is 0. The molecule has 0 bridgehead atoms. The van der Waals surface area contributed by atoms with Gasteiger partial charge in [0.15, 0.2) is 5.75 Å². The monoisotopic (exact) mass is 450 g/mol. The molecule has 1 aliphatic carbocycles. The van der Waals surface area contributed by atoms with Crippen molar-refractivity contribution in [2.75, 3.05) is 43.1 Å². The van der Waals surface area contributed by atoms with Crippen LogP contribution in [-0.4, -0.2) is 65.0 Å². The molecular formula is C24H30N6O3. The Balaban J connectivity index is 1.23. The predicted molar refractivity (Wildman–Crippen MR) is 126 cm³/mol. The second-order valence-corrected chi connectivity index (χ2v) is 8.38. The van der Waals surface area contributed by atoms with Crippen molar-refractivity contribution in [2.24, 2.45) is 0 Å². The Morgan fingerprint density at radius 2 is 1.76 bits per heavy atom. The van der Waals surface area contributed by atoms with Gasteiger partial charge in [-0.3, -0.25) is 4.98 Å². The van der Waals surface area contributed by atoms with Crippen molar-refractivity contribution in [3.8, 4) is 11.5 Å². The number of nitrogens with zero attached hydrogens (tertiary/aromatic N) is 5. The highest BCUT2D eigenvalue weighted by Crippen LogP contribution is 2.33. The smallest absolute Gasteiger partial charge is 0.223 e. The van der Waals surface area contributed by atoms with Gasteiger partial charge < -0.3 is 24.4 Å². The van der Waals surface area contributed by atoms with Crippen LogP contribution in [0.3, 0.4) is 0 Å². The number of ether oxygens (including phenoxy) is 3. The van der Waals surface area contributed by atoms with Crippen LogP contribution in [0.1, 0.15) is 32.6 Å². The van der Waals surface area contributed by atoms with Crippen LogP contribution in [0.15, 0.2) is 36.9 Å². The number of anilines is 2. The van der Waals surface area contributed by atoms with Crippen molar-refractivity contribution in [1.29, 1.82) is 0 Å². The third-order valence-electron chi connectivity index (χ3n) is 6.14. The maximum atomic E-state index is 6.51. The van der Waals surface area contributed by atoms with E-state index in [1.165, 1.54) is 0 Å². The lowest BCUT2D eigenvalue weighted by Crippen LogP contribution is -2.36. The summed E-state index contributed by atoms with van der Waals surface area (Å²) in [4.78, 5) is 20.1. The Hall–Kier alpha value is -3.20. The summed E-state index contributed by atoms with van der Waals surface area (Å²) in [6.07, 6.45) is 10.9. The highest BCUT2D eigenvalue weighted by molar-refractivity contribution is 5.85. The fourth-order valence-electron chi connectivity index (χ4n) is 4.44. The molecule has 3 aromatic rings. The number of morpholine rings is 1. The van der Waals surface area contributed by atoms with E-state index in [4.69, 9.17) is 14.2 Å². The second kappa shape index (κ2) is 10.2. The normalized spacial score (nSPS) is 21.1. The first-order chi connectivity index (χ1) is 16.3. The molecule has 33 heavy (non-hydrogen) atoms. The van der Waals surface area contributed by atoms with Gasteiger partial charge >= 0.3 is 0 Å². The van der Waals surface area contributed by atoms with Crippen molar-refractivity contribution in [2.45, 2.75) is 44.8 Å². The summed E-state index contributed by atoms with van der Waals surface area (Å²) in [7, 11) is 0. The summed E-state index contributed by atoms with van der Waals surface area (Å²) in [6, 6.07) is 4.54. The molecule has 9 heteroatoms. The summed E-state index contributed by atoms with van der Waals surface area (Å²) < 4.78 is 17.4. The molecule has 2 aliphatic rings. The largest absolute Gasteiger partial charge is 0.491 e. The van der Waals surface area contributed by atoms with Gasteiger partial charge in [0.05, 0.1) is 43.8 Å². The van der Waals surface area contributed by atoms with E-state index in [-0.39, 0.29) is 6.10 Å². The average Bonchev–Trinajstić information content (AvgIpc) is 2.87. The second-order valence-electron chi connectivity index (χ2n) is 8.38. The number of hydrogen-bond donors (Lipinski definition) is 1. The first-order valence-electron chi connectivity index (χ1n) is 11.7. The van der Waals surface area contributed by atoms with Gasteiger partial charge in [0, 0.05) is 43.3 Å². The molecule has 2 aromatic heterocycles. The summed E-state index contributed by atoms with van der Waals surface area (Å²) in [5, 5.41) is 3.44. The van der Waals surface area contributed by atoms with Gasteiger partial charge in [-0.25, -0.2) is 15.0 Å². The van der Waals surface area contributed by atoms with Gasteiger partial charge in [0.1, 0.15) is 11.3 Å². The van der Waals surface area contributed by atoms with Crippen molar-refractivity contribution in [1.82, 2.24) is 19.9 Å². The zero-order valence-electron chi connectivity index (χ0n) is 18.9. The first-order valence-corrected chi connectivity index (χ1v) is 11.7. The molecule has 2 fully saturated rings. The molecule has 0 unspecified atom stereocenters. The first kappa shape index (κ1) is 21.6. The van der Waals surface area contributed by atoms with Gasteiger partial charge in [-0.05, 0) is 38.7 Å². The molecule has 0 amide bonds. The summed E-state index contributed by atoms with van der Waals surface area (Å²) in [5.74, 6) is 2.14. The van der Waals surface area contributed by atoms with Crippen LogP contribution < -0.4 is 19.7 Å². The Labute approximate surface area is 193 Å². The standard InChI is InChI=1S/C24H30N6O3/c1-2-32-20-15-27-24(28-16-20)29-17-3-5-19(6-4-17)33-22-14-18(30-9-11-31-12-10-30)13-21-23(22)26-8-7-25-21/h7-8,13-17,19H,2-6,9-12H2,1H3,(H,27,28,29)/t17-,19+. The number of nitrogens with one attached hydrogen (secondary N) is 1. The van der Waals surface area contributed by atoms with E-state index in [1.807, 2.05) is 6.92 Å². The van der Waals surface area contributed by atoms with Crippen LogP contribution >= 0.6 is 0 Å². The zero-order valence-corrected chi connectivity index (χ0v) is 18.9. The molecule has 1 saturated carbocycles. The van der Waals surface area contributed by atoms with Crippen LogP contribution in [0.25, 0.3) is 11.0 Å². The van der Waals surface area contributed by atoms with E-state index in [1.54, 1.807) is 24.8 Å². The van der Waals surface area contributed by atoms with Crippen molar-refractivity contribution in [3.63, 3.8) is 0 Å². The molecule has 9 nitrogen and oxygen atoms in total. The number of aromatic nitrogens is 4. The maximum Gasteiger partial charge on any atom is 0.223 e. The highest BCUT2D eigenvalue weighted by Gasteiger charge is 2.24. The fraction of sp³-hybridized carbons (Fsp3) is 0.500. The molecule has 0 radical (unpaired) electrons. The molecule has 0 atom stereocenters. The lowest BCUT2D eigenvalue weighted by Gasteiger charge is -2.31. The van der Waals surface area contributed by atoms with E-state index in [0.29, 0.717) is 24.3 Å². The number of hydrogen-bond acceptors (Lipinski definition) is 9. The van der Waals surface area contributed by atoms with Crippen molar-refractivity contribution < 1.29 is 14.2 Å². The molecule has 5 rings (SSSR count). The van der Waals surface area contributed by atoms with E-state index in [0.717, 1.165) is 74.5 Å². The lowest BCUT2D eigenvalue weighted by molar-refractivity contribution is 0.122. The Bertz CT molecular complexity index is 1050. The molecule has 1 saturated heterocycles. The quantitative estimate of drug-likeness (QED) is 0.581. The highest BCUT2D eigenvalue weighted by atomic mass is 16.5. The van der Waals surface area contributed by atoms with E-state index < -0.39 is 0 Å². The van der Waals surface area contributed by atoms with Crippen LogP contribution in [-0.2, 0) is 4.74 Å². The minimum atomic E-state index is 0.148. The van der Waals surface area contributed by atoms with Crippen molar-refractivity contribution >= 4 is 22.7 Å². The topological polar surface area (TPSA) is 94.5 Å². The van der Waals surface area contributed by atoms with Gasteiger partial charge in [0.25, 0.3) is 0 Å². The van der Waals surface area contributed by atoms with Crippen molar-refractivity contribution in [3.05, 3.63) is 36.9 Å². The summed E-state index contributed by atoms with van der Waals surface area (Å²) in [6.45, 7) is 5.77. The fourth-order valence-corrected chi connectivity index (χ4v) is 4.44. The lowest BCUT2D eigenvalue weighted by atomic mass is 9.93. The SMILES string of the molecule is CCOc1cnc(N[C@H]2CC[C@@H](Oc3cc(N4CCOCC4)cc4nccnc34)CC2)nc1. The molecule has 1 aromatic carbocycles. The molecule has 1 aliphatic heterocycles. The van der Waals surface area contributed by atoms with Gasteiger partial charge in [0.2, 0.25) is 5.95 Å². The van der Waals surface area contributed by atoms with E-state index >= 15 is 0 Å². The Kier molecular flexibility index (Phi) is 6.66. The Morgan fingerprint density at radius 3 is 2.52 bits per heavy atom. The molecule has 0 spiro atoms. The third kappa shape index (κ3) is 5.24. The molecule has 3 heterocycles. The van der Waals surface area contributed by atoms with Crippen LogP contribution in [0.2, 0.25) is 0 Å². The third-order valence-corrected chi connectivity index (χ3v) is 6.14.